The molecular formula is C18H26N2O3S. The molecule has 1 aliphatic carbocycles. The van der Waals surface area contributed by atoms with Crippen molar-refractivity contribution in [3.63, 3.8) is 0 Å². The molecule has 0 aromatic heterocycles. The van der Waals surface area contributed by atoms with E-state index in [1.54, 1.807) is 4.31 Å². The first-order valence-corrected chi connectivity index (χ1v) is 10.4. The fourth-order valence-electron chi connectivity index (χ4n) is 3.95. The molecule has 2 saturated heterocycles. The van der Waals surface area contributed by atoms with Crippen LogP contribution in [0.4, 0.5) is 0 Å². The highest BCUT2D eigenvalue weighted by atomic mass is 32.2. The maximum atomic E-state index is 12.8. The number of hydrogen-bond donors (Lipinski definition) is 0. The molecule has 0 N–H and O–H groups in total. The molecule has 2 atom stereocenters. The second kappa shape index (κ2) is 6.41. The molecule has 3 fully saturated rings. The Hall–Kier alpha value is -0.950. The van der Waals surface area contributed by atoms with Gasteiger partial charge in [-0.25, -0.2) is 8.42 Å². The van der Waals surface area contributed by atoms with E-state index in [1.807, 2.05) is 0 Å². The normalized spacial score (nSPS) is 29.4. The maximum absolute atomic E-state index is 12.8. The molecule has 1 aromatic rings. The Morgan fingerprint density at radius 1 is 1.17 bits per heavy atom. The second-order valence-corrected chi connectivity index (χ2v) is 9.45. The van der Waals surface area contributed by atoms with Gasteiger partial charge in [0.2, 0.25) is 10.0 Å². The third-order valence-corrected chi connectivity index (χ3v) is 7.97. The van der Waals surface area contributed by atoms with Crippen LogP contribution < -0.4 is 0 Å². The lowest BCUT2D eigenvalue weighted by Gasteiger charge is -2.46. The molecule has 0 radical (unpaired) electrons. The Morgan fingerprint density at radius 2 is 1.96 bits per heavy atom. The lowest BCUT2D eigenvalue weighted by atomic mass is 9.99. The first kappa shape index (κ1) is 16.5. The van der Waals surface area contributed by atoms with Crippen molar-refractivity contribution in [3.8, 4) is 0 Å². The highest BCUT2D eigenvalue weighted by Crippen LogP contribution is 2.35. The van der Waals surface area contributed by atoms with Crippen molar-refractivity contribution in [1.82, 2.24) is 9.21 Å². The van der Waals surface area contributed by atoms with Crippen molar-refractivity contribution in [1.29, 1.82) is 0 Å². The van der Waals surface area contributed by atoms with Gasteiger partial charge >= 0.3 is 0 Å². The average Bonchev–Trinajstić information content (AvgIpc) is 3.42. The van der Waals surface area contributed by atoms with E-state index in [2.05, 4.69) is 36.1 Å². The van der Waals surface area contributed by atoms with Gasteiger partial charge in [0.05, 0.1) is 24.0 Å². The number of morpholine rings is 1. The van der Waals surface area contributed by atoms with Crippen LogP contribution in [-0.4, -0.2) is 61.3 Å². The van der Waals surface area contributed by atoms with Crippen LogP contribution in [0.3, 0.4) is 0 Å². The molecule has 0 spiro atoms. The quantitative estimate of drug-likeness (QED) is 0.830. The molecule has 0 amide bonds. The fraction of sp³-hybridized carbons (Fsp3) is 0.667. The molecule has 2 aliphatic heterocycles. The number of hydrogen-bond acceptors (Lipinski definition) is 4. The van der Waals surface area contributed by atoms with Gasteiger partial charge in [0.25, 0.3) is 0 Å². The number of ether oxygens (including phenoxy) is 1. The summed E-state index contributed by atoms with van der Waals surface area (Å²) in [5, 5.41) is -0.136. The molecule has 1 aromatic carbocycles. The van der Waals surface area contributed by atoms with Crippen LogP contribution in [0.25, 0.3) is 0 Å². The van der Waals surface area contributed by atoms with E-state index in [4.69, 9.17) is 4.74 Å². The summed E-state index contributed by atoms with van der Waals surface area (Å²) in [4.78, 5) is 2.38. The Morgan fingerprint density at radius 3 is 2.71 bits per heavy atom. The number of fused-ring (bicyclic) bond motifs is 1. The minimum Gasteiger partial charge on any atom is -0.375 e. The van der Waals surface area contributed by atoms with Crippen molar-refractivity contribution in [2.45, 2.75) is 50.1 Å². The molecule has 1 saturated carbocycles. The Balaban J connectivity index is 1.50. The number of likely N-dealkylation sites (tertiary alicyclic amines) is 1. The van der Waals surface area contributed by atoms with Crippen LogP contribution in [0.5, 0.6) is 0 Å². The fourth-order valence-corrected chi connectivity index (χ4v) is 5.98. The van der Waals surface area contributed by atoms with Crippen molar-refractivity contribution < 1.29 is 13.2 Å². The van der Waals surface area contributed by atoms with E-state index in [-0.39, 0.29) is 17.4 Å². The standard InChI is InChI=1S/C18H26N2O3S/c1-14-4-2-3-5-15(14)12-19-9-8-18-17(13-19)20(10-11-23-18)24(21,22)16-6-7-16/h2-5,16-18H,6-13H2,1H3/t17-,18-/m0/s1. The molecule has 6 heteroatoms. The van der Waals surface area contributed by atoms with Gasteiger partial charge in [-0.1, -0.05) is 24.3 Å². The molecule has 3 aliphatic rings. The average molecular weight is 350 g/mol. The summed E-state index contributed by atoms with van der Waals surface area (Å²) in [6.45, 7) is 5.80. The summed E-state index contributed by atoms with van der Waals surface area (Å²) < 4.78 is 33.2. The Bertz CT molecular complexity index is 702. The third kappa shape index (κ3) is 3.12. The van der Waals surface area contributed by atoms with Crippen LogP contribution in [0.15, 0.2) is 24.3 Å². The van der Waals surface area contributed by atoms with Gasteiger partial charge in [-0.15, -0.1) is 0 Å². The van der Waals surface area contributed by atoms with E-state index in [1.165, 1.54) is 11.1 Å². The van der Waals surface area contributed by atoms with Crippen molar-refractivity contribution in [2.75, 3.05) is 26.2 Å². The zero-order chi connectivity index (χ0) is 16.7. The van der Waals surface area contributed by atoms with Gasteiger partial charge in [-0.05, 0) is 37.3 Å². The zero-order valence-corrected chi connectivity index (χ0v) is 15.0. The zero-order valence-electron chi connectivity index (χ0n) is 14.2. The lowest BCUT2D eigenvalue weighted by Crippen LogP contribution is -2.61. The first-order valence-electron chi connectivity index (χ1n) is 8.95. The number of piperidine rings is 1. The third-order valence-electron chi connectivity index (χ3n) is 5.55. The summed E-state index contributed by atoms with van der Waals surface area (Å²) in [6.07, 6.45) is 2.61. The molecular weight excluding hydrogens is 324 g/mol. The van der Waals surface area contributed by atoms with E-state index < -0.39 is 10.0 Å². The topological polar surface area (TPSA) is 49.9 Å². The number of benzene rings is 1. The highest BCUT2D eigenvalue weighted by Gasteiger charge is 2.47. The predicted molar refractivity (Wildman–Crippen MR) is 93.2 cm³/mol. The SMILES string of the molecule is Cc1ccccc1CN1CC[C@@H]2OCCN(S(=O)(=O)C3CC3)[C@H]2C1. The largest absolute Gasteiger partial charge is 0.375 e. The monoisotopic (exact) mass is 350 g/mol. The molecule has 24 heavy (non-hydrogen) atoms. The molecule has 4 rings (SSSR count). The number of aryl methyl sites for hydroxylation is 1. The summed E-state index contributed by atoms with van der Waals surface area (Å²) in [5.41, 5.74) is 2.62. The van der Waals surface area contributed by atoms with Crippen molar-refractivity contribution in [3.05, 3.63) is 35.4 Å². The summed E-state index contributed by atoms with van der Waals surface area (Å²) in [7, 11) is -3.14. The van der Waals surface area contributed by atoms with Gasteiger partial charge in [0.15, 0.2) is 0 Å². The van der Waals surface area contributed by atoms with Crippen LogP contribution in [-0.2, 0) is 21.3 Å². The molecule has 0 unspecified atom stereocenters. The number of sulfonamides is 1. The summed E-state index contributed by atoms with van der Waals surface area (Å²) in [6, 6.07) is 8.40. The Labute approximate surface area is 144 Å². The first-order chi connectivity index (χ1) is 11.6. The maximum Gasteiger partial charge on any atom is 0.217 e. The number of rotatable bonds is 4. The predicted octanol–water partition coefficient (Wildman–Crippen LogP) is 1.76. The smallest absolute Gasteiger partial charge is 0.217 e. The van der Waals surface area contributed by atoms with E-state index in [0.717, 1.165) is 38.9 Å². The van der Waals surface area contributed by atoms with Crippen molar-refractivity contribution in [2.24, 2.45) is 0 Å². The molecule has 0 bridgehead atoms. The molecule has 132 valence electrons. The lowest BCUT2D eigenvalue weighted by molar-refractivity contribution is -0.0770. The van der Waals surface area contributed by atoms with Crippen LogP contribution in [0, 0.1) is 6.92 Å². The summed E-state index contributed by atoms with van der Waals surface area (Å²) >= 11 is 0. The van der Waals surface area contributed by atoms with Crippen LogP contribution >= 0.6 is 0 Å². The van der Waals surface area contributed by atoms with Crippen LogP contribution in [0.2, 0.25) is 0 Å². The minimum atomic E-state index is -3.14. The Kier molecular flexibility index (Phi) is 4.41. The van der Waals surface area contributed by atoms with Gasteiger partial charge in [-0.3, -0.25) is 4.90 Å². The van der Waals surface area contributed by atoms with Crippen molar-refractivity contribution >= 4 is 10.0 Å². The van der Waals surface area contributed by atoms with Gasteiger partial charge in [0.1, 0.15) is 0 Å². The van der Waals surface area contributed by atoms with Crippen LogP contribution in [0.1, 0.15) is 30.4 Å². The molecule has 2 heterocycles. The van der Waals surface area contributed by atoms with E-state index in [0.29, 0.717) is 13.2 Å². The van der Waals surface area contributed by atoms with Gasteiger partial charge < -0.3 is 4.74 Å². The number of nitrogens with zero attached hydrogens (tertiary/aromatic N) is 2. The summed E-state index contributed by atoms with van der Waals surface area (Å²) in [5.74, 6) is 0. The second-order valence-electron chi connectivity index (χ2n) is 7.28. The van der Waals surface area contributed by atoms with Gasteiger partial charge in [0, 0.05) is 26.2 Å². The van der Waals surface area contributed by atoms with Gasteiger partial charge in [-0.2, -0.15) is 4.31 Å². The van der Waals surface area contributed by atoms with E-state index in [9.17, 15) is 8.42 Å². The molecule has 5 nitrogen and oxygen atoms in total. The minimum absolute atomic E-state index is 0.0258. The van der Waals surface area contributed by atoms with E-state index >= 15 is 0 Å². The highest BCUT2D eigenvalue weighted by molar-refractivity contribution is 7.90.